The molecule has 0 aliphatic carbocycles. The fraction of sp³-hybridized carbons (Fsp3) is 0.259. The lowest BCUT2D eigenvalue weighted by Crippen LogP contribution is -2.14. The highest BCUT2D eigenvalue weighted by Gasteiger charge is 2.13. The van der Waals surface area contributed by atoms with Crippen LogP contribution < -0.4 is 14.8 Å². The highest BCUT2D eigenvalue weighted by atomic mass is 16.5. The average molecular weight is 472 g/mol. The van der Waals surface area contributed by atoms with Crippen LogP contribution in [0.2, 0.25) is 0 Å². The number of ether oxygens (including phenoxy) is 2. The Labute approximate surface area is 205 Å². The summed E-state index contributed by atoms with van der Waals surface area (Å²) in [7, 11) is 1.63. The molecule has 4 rings (SSSR count). The van der Waals surface area contributed by atoms with Crippen molar-refractivity contribution in [1.29, 1.82) is 0 Å². The molecule has 0 fully saturated rings. The van der Waals surface area contributed by atoms with Gasteiger partial charge < -0.3 is 14.8 Å². The van der Waals surface area contributed by atoms with Gasteiger partial charge in [0, 0.05) is 17.4 Å². The van der Waals surface area contributed by atoms with Crippen LogP contribution in [0, 0.1) is 34.6 Å². The van der Waals surface area contributed by atoms with E-state index in [2.05, 4.69) is 20.4 Å². The van der Waals surface area contributed by atoms with Crippen LogP contribution in [0.15, 0.2) is 48.5 Å². The molecule has 0 aliphatic rings. The van der Waals surface area contributed by atoms with Gasteiger partial charge in [0.2, 0.25) is 11.8 Å². The number of carbonyl (C=O) groups is 1. The number of benzene rings is 2. The Kier molecular flexibility index (Phi) is 6.82. The molecule has 0 atom stereocenters. The van der Waals surface area contributed by atoms with E-state index >= 15 is 0 Å². The minimum Gasteiger partial charge on any atom is -0.496 e. The summed E-state index contributed by atoms with van der Waals surface area (Å²) in [5.74, 6) is 2.96. The second kappa shape index (κ2) is 9.97. The highest BCUT2D eigenvalue weighted by molar-refractivity contribution is 5.92. The summed E-state index contributed by atoms with van der Waals surface area (Å²) < 4.78 is 13.0. The Hall–Kier alpha value is -4.20. The molecule has 1 N–H and O–H groups in total. The lowest BCUT2D eigenvalue weighted by Gasteiger charge is -2.10. The molecule has 2 aromatic carbocycles. The molecule has 0 radical (unpaired) electrons. The number of amides is 1. The van der Waals surface area contributed by atoms with Crippen molar-refractivity contribution in [1.82, 2.24) is 19.7 Å². The maximum atomic E-state index is 12.5. The summed E-state index contributed by atoms with van der Waals surface area (Å²) in [5.41, 5.74) is 5.72. The minimum atomic E-state index is -0.0977. The third-order valence-corrected chi connectivity index (χ3v) is 5.86. The summed E-state index contributed by atoms with van der Waals surface area (Å²) in [6, 6.07) is 14.7. The normalized spacial score (nSPS) is 10.8. The first-order valence-electron chi connectivity index (χ1n) is 11.3. The Morgan fingerprint density at radius 3 is 2.34 bits per heavy atom. The summed E-state index contributed by atoms with van der Waals surface area (Å²) >= 11 is 0. The number of nitrogens with one attached hydrogen (secondary N) is 1. The maximum absolute atomic E-state index is 12.5. The van der Waals surface area contributed by atoms with E-state index in [1.54, 1.807) is 42.1 Å². The third kappa shape index (κ3) is 5.48. The molecule has 0 aliphatic heterocycles. The fourth-order valence-electron chi connectivity index (χ4n) is 3.80. The van der Waals surface area contributed by atoms with Gasteiger partial charge >= 0.3 is 0 Å². The molecule has 180 valence electrons. The number of rotatable bonds is 7. The molecule has 35 heavy (non-hydrogen) atoms. The van der Waals surface area contributed by atoms with E-state index in [1.165, 1.54) is 0 Å². The Balaban J connectivity index is 1.43. The zero-order valence-corrected chi connectivity index (χ0v) is 20.8. The number of hydrogen-bond donors (Lipinski definition) is 1. The van der Waals surface area contributed by atoms with E-state index in [1.807, 2.05) is 52.8 Å². The van der Waals surface area contributed by atoms with Gasteiger partial charge in [-0.1, -0.05) is 12.1 Å². The quantitative estimate of drug-likeness (QED) is 0.399. The van der Waals surface area contributed by atoms with Gasteiger partial charge in [-0.15, -0.1) is 0 Å². The Bertz CT molecular complexity index is 1380. The second-order valence-electron chi connectivity index (χ2n) is 8.47. The van der Waals surface area contributed by atoms with Gasteiger partial charge in [0.15, 0.2) is 5.82 Å². The maximum Gasteiger partial charge on any atom is 0.228 e. The van der Waals surface area contributed by atoms with Crippen LogP contribution in [0.3, 0.4) is 0 Å². The second-order valence-corrected chi connectivity index (χ2v) is 8.47. The van der Waals surface area contributed by atoms with Gasteiger partial charge in [-0.3, -0.25) is 4.79 Å². The molecule has 4 aromatic rings. The minimum absolute atomic E-state index is 0.0977. The zero-order valence-electron chi connectivity index (χ0n) is 20.8. The molecule has 0 unspecified atom stereocenters. The molecule has 0 saturated carbocycles. The van der Waals surface area contributed by atoms with Crippen molar-refractivity contribution < 1.29 is 14.3 Å². The SMILES string of the molecule is COc1ccc(CC(=O)Nc2ccc(Oc3cc(-n4nc(C)c(C)c4C)nc(C)n3)cc2)cc1C. The predicted octanol–water partition coefficient (Wildman–Crippen LogP) is 5.19. The standard InChI is InChI=1S/C27H29N5O3/c1-16-13-21(7-12-24(16)34-6)14-26(33)30-22-8-10-23(11-9-22)35-27-15-25(28-20(5)29-27)32-19(4)17(2)18(3)31-32/h7-13,15H,14H2,1-6H3,(H,30,33). The first-order chi connectivity index (χ1) is 16.7. The lowest BCUT2D eigenvalue weighted by molar-refractivity contribution is -0.115. The Morgan fingerprint density at radius 2 is 1.71 bits per heavy atom. The number of carbonyl (C=O) groups excluding carboxylic acids is 1. The van der Waals surface area contributed by atoms with Crippen LogP contribution in [0.5, 0.6) is 17.4 Å². The van der Waals surface area contributed by atoms with Crippen LogP contribution in [0.1, 0.15) is 33.9 Å². The molecule has 0 bridgehead atoms. The van der Waals surface area contributed by atoms with Crippen LogP contribution in [-0.2, 0) is 11.2 Å². The van der Waals surface area contributed by atoms with Crippen LogP contribution in [0.25, 0.3) is 5.82 Å². The van der Waals surface area contributed by atoms with Crippen molar-refractivity contribution in [2.75, 3.05) is 12.4 Å². The van der Waals surface area contributed by atoms with E-state index in [0.717, 1.165) is 33.8 Å². The molecule has 8 heteroatoms. The molecule has 1 amide bonds. The smallest absolute Gasteiger partial charge is 0.228 e. The van der Waals surface area contributed by atoms with Gasteiger partial charge in [0.1, 0.15) is 17.3 Å². The van der Waals surface area contributed by atoms with E-state index in [4.69, 9.17) is 9.47 Å². The average Bonchev–Trinajstić information content (AvgIpc) is 3.07. The molecular weight excluding hydrogens is 442 g/mol. The zero-order chi connectivity index (χ0) is 25.1. The number of anilines is 1. The predicted molar refractivity (Wildman–Crippen MR) is 135 cm³/mol. The van der Waals surface area contributed by atoms with Crippen LogP contribution >= 0.6 is 0 Å². The fourth-order valence-corrected chi connectivity index (χ4v) is 3.80. The van der Waals surface area contributed by atoms with Crippen molar-refractivity contribution in [2.45, 2.75) is 41.0 Å². The van der Waals surface area contributed by atoms with Gasteiger partial charge in [-0.2, -0.15) is 10.1 Å². The molecule has 0 spiro atoms. The van der Waals surface area contributed by atoms with Gasteiger partial charge in [-0.05, 0) is 81.6 Å². The number of aryl methyl sites for hydroxylation is 3. The molecule has 2 heterocycles. The van der Waals surface area contributed by atoms with Crippen molar-refractivity contribution in [3.63, 3.8) is 0 Å². The molecular formula is C27H29N5O3. The number of nitrogens with zero attached hydrogens (tertiary/aromatic N) is 4. The van der Waals surface area contributed by atoms with Crippen molar-refractivity contribution >= 4 is 11.6 Å². The number of hydrogen-bond acceptors (Lipinski definition) is 6. The van der Waals surface area contributed by atoms with Crippen molar-refractivity contribution in [3.05, 3.63) is 82.4 Å². The van der Waals surface area contributed by atoms with Gasteiger partial charge in [0.25, 0.3) is 0 Å². The summed E-state index contributed by atoms with van der Waals surface area (Å²) in [5, 5.41) is 7.50. The molecule has 8 nitrogen and oxygen atoms in total. The van der Waals surface area contributed by atoms with E-state index < -0.39 is 0 Å². The molecule has 2 aromatic heterocycles. The third-order valence-electron chi connectivity index (χ3n) is 5.86. The topological polar surface area (TPSA) is 91.2 Å². The van der Waals surface area contributed by atoms with E-state index in [9.17, 15) is 4.79 Å². The lowest BCUT2D eigenvalue weighted by atomic mass is 10.1. The monoisotopic (exact) mass is 471 g/mol. The summed E-state index contributed by atoms with van der Waals surface area (Å²) in [6.07, 6.45) is 0.276. The number of methoxy groups -OCH3 is 1. The van der Waals surface area contributed by atoms with Crippen LogP contribution in [-0.4, -0.2) is 32.8 Å². The van der Waals surface area contributed by atoms with Crippen molar-refractivity contribution in [2.24, 2.45) is 0 Å². The van der Waals surface area contributed by atoms with Crippen LogP contribution in [0.4, 0.5) is 5.69 Å². The van der Waals surface area contributed by atoms with E-state index in [0.29, 0.717) is 29.0 Å². The Morgan fingerprint density at radius 1 is 0.971 bits per heavy atom. The summed E-state index contributed by atoms with van der Waals surface area (Å²) in [4.78, 5) is 21.4. The van der Waals surface area contributed by atoms with Crippen molar-refractivity contribution in [3.8, 4) is 23.2 Å². The first-order valence-corrected chi connectivity index (χ1v) is 11.3. The summed E-state index contributed by atoms with van der Waals surface area (Å²) in [6.45, 7) is 9.80. The van der Waals surface area contributed by atoms with E-state index in [-0.39, 0.29) is 12.3 Å². The van der Waals surface area contributed by atoms with Gasteiger partial charge in [-0.25, -0.2) is 9.67 Å². The van der Waals surface area contributed by atoms with Gasteiger partial charge in [0.05, 0.1) is 19.2 Å². The molecule has 0 saturated heterocycles. The largest absolute Gasteiger partial charge is 0.496 e. The first kappa shape index (κ1) is 23.9. The highest BCUT2D eigenvalue weighted by Crippen LogP contribution is 2.25. The number of aromatic nitrogens is 4.